The Kier molecular flexibility index (Phi) is 6.10. The Bertz CT molecular complexity index is 938. The Morgan fingerprint density at radius 3 is 2.15 bits per heavy atom. The van der Waals surface area contributed by atoms with Crippen molar-refractivity contribution in [3.63, 3.8) is 0 Å². The maximum Gasteiger partial charge on any atom is 0.258 e. The summed E-state index contributed by atoms with van der Waals surface area (Å²) in [5.41, 5.74) is 1.97. The van der Waals surface area contributed by atoms with Gasteiger partial charge in [0.1, 0.15) is 5.82 Å². The zero-order chi connectivity index (χ0) is 19.1. The number of nitrogens with one attached hydrogen (secondary N) is 1. The van der Waals surface area contributed by atoms with Crippen LogP contribution in [0.1, 0.15) is 39.1 Å². The summed E-state index contributed by atoms with van der Waals surface area (Å²) in [7, 11) is 0. The fraction of sp³-hybridized carbons (Fsp3) is 0.130. The minimum absolute atomic E-state index is 0.0460. The highest BCUT2D eigenvalue weighted by molar-refractivity contribution is 6.09. The maximum absolute atomic E-state index is 13.8. The summed E-state index contributed by atoms with van der Waals surface area (Å²) in [6.07, 6.45) is 1.91. The number of hydrogen-bond acceptors (Lipinski definition) is 2. The molecule has 0 saturated heterocycles. The van der Waals surface area contributed by atoms with Crippen molar-refractivity contribution in [1.29, 1.82) is 0 Å². The topological polar surface area (TPSA) is 46.2 Å². The van der Waals surface area contributed by atoms with Gasteiger partial charge in [-0.2, -0.15) is 0 Å². The second kappa shape index (κ2) is 8.90. The molecule has 0 aliphatic carbocycles. The van der Waals surface area contributed by atoms with Crippen LogP contribution in [0.2, 0.25) is 0 Å². The van der Waals surface area contributed by atoms with Gasteiger partial charge in [-0.3, -0.25) is 9.59 Å². The van der Waals surface area contributed by atoms with Crippen molar-refractivity contribution in [3.8, 4) is 0 Å². The summed E-state index contributed by atoms with van der Waals surface area (Å²) in [6, 6.07) is 22.6. The number of para-hydroxylation sites is 1. The van der Waals surface area contributed by atoms with Crippen LogP contribution in [-0.2, 0) is 6.42 Å². The molecule has 1 N–H and O–H groups in total. The molecule has 1 amide bonds. The first-order valence-corrected chi connectivity index (χ1v) is 8.87. The van der Waals surface area contributed by atoms with Crippen LogP contribution in [0.15, 0.2) is 78.9 Å². The average molecular weight is 361 g/mol. The zero-order valence-electron chi connectivity index (χ0n) is 14.8. The lowest BCUT2D eigenvalue weighted by Gasteiger charge is -2.11. The Morgan fingerprint density at radius 2 is 1.41 bits per heavy atom. The summed E-state index contributed by atoms with van der Waals surface area (Å²) < 4.78 is 13.8. The predicted molar refractivity (Wildman–Crippen MR) is 105 cm³/mol. The molecule has 136 valence electrons. The fourth-order valence-corrected chi connectivity index (χ4v) is 2.90. The predicted octanol–water partition coefficient (Wildman–Crippen LogP) is 5.28. The molecule has 0 spiro atoms. The molecule has 3 nitrogen and oxygen atoms in total. The van der Waals surface area contributed by atoms with Crippen molar-refractivity contribution < 1.29 is 14.0 Å². The van der Waals surface area contributed by atoms with Gasteiger partial charge in [0.15, 0.2) is 5.78 Å². The first kappa shape index (κ1) is 18.5. The van der Waals surface area contributed by atoms with Crippen LogP contribution in [0.3, 0.4) is 0 Å². The van der Waals surface area contributed by atoms with E-state index in [-0.39, 0.29) is 11.3 Å². The van der Waals surface area contributed by atoms with Crippen LogP contribution in [-0.4, -0.2) is 11.7 Å². The van der Waals surface area contributed by atoms with Gasteiger partial charge in [-0.25, -0.2) is 4.39 Å². The smallest absolute Gasteiger partial charge is 0.258 e. The number of carbonyl (C=O) groups excluding carboxylic acids is 2. The number of halogens is 1. The number of aryl methyl sites for hydroxylation is 1. The van der Waals surface area contributed by atoms with E-state index in [0.717, 1.165) is 12.8 Å². The molecule has 3 aromatic carbocycles. The van der Waals surface area contributed by atoms with Crippen LogP contribution in [0.25, 0.3) is 0 Å². The highest BCUT2D eigenvalue weighted by atomic mass is 19.1. The molecule has 0 radical (unpaired) electrons. The van der Waals surface area contributed by atoms with E-state index in [1.165, 1.54) is 23.8 Å². The van der Waals surface area contributed by atoms with Crippen molar-refractivity contribution in [2.24, 2.45) is 0 Å². The summed E-state index contributed by atoms with van der Waals surface area (Å²) in [5.74, 6) is -1.21. The highest BCUT2D eigenvalue weighted by Gasteiger charge is 2.16. The molecule has 0 atom stereocenters. The Hall–Kier alpha value is -3.27. The van der Waals surface area contributed by atoms with Gasteiger partial charge in [-0.15, -0.1) is 0 Å². The minimum atomic E-state index is -0.596. The number of benzene rings is 3. The van der Waals surface area contributed by atoms with Crippen LogP contribution >= 0.6 is 0 Å². The van der Waals surface area contributed by atoms with E-state index in [1.54, 1.807) is 30.3 Å². The van der Waals surface area contributed by atoms with Gasteiger partial charge < -0.3 is 5.32 Å². The third-order valence-electron chi connectivity index (χ3n) is 4.31. The van der Waals surface area contributed by atoms with Gasteiger partial charge in [0.25, 0.3) is 5.91 Å². The normalized spacial score (nSPS) is 10.4. The lowest BCUT2D eigenvalue weighted by atomic mass is 10.0. The number of amides is 1. The van der Waals surface area contributed by atoms with E-state index >= 15 is 0 Å². The largest absolute Gasteiger partial charge is 0.321 e. The number of anilines is 1. The van der Waals surface area contributed by atoms with E-state index in [0.29, 0.717) is 17.7 Å². The zero-order valence-corrected chi connectivity index (χ0v) is 14.8. The third-order valence-corrected chi connectivity index (χ3v) is 4.31. The molecule has 27 heavy (non-hydrogen) atoms. The monoisotopic (exact) mass is 361 g/mol. The van der Waals surface area contributed by atoms with Crippen LogP contribution in [0.5, 0.6) is 0 Å². The molecule has 0 fully saturated rings. The number of rotatable bonds is 7. The minimum Gasteiger partial charge on any atom is -0.321 e. The van der Waals surface area contributed by atoms with Crippen molar-refractivity contribution in [3.05, 3.63) is 101 Å². The molecule has 0 aliphatic rings. The number of carbonyl (C=O) groups is 2. The number of hydrogen-bond donors (Lipinski definition) is 1. The fourth-order valence-electron chi connectivity index (χ4n) is 2.90. The first-order valence-electron chi connectivity index (χ1n) is 8.87. The molecular formula is C23H20FNO2. The quantitative estimate of drug-likeness (QED) is 0.582. The van der Waals surface area contributed by atoms with Gasteiger partial charge in [0.2, 0.25) is 0 Å². The lowest BCUT2D eigenvalue weighted by Crippen LogP contribution is -2.16. The Labute approximate surface area is 157 Å². The molecular weight excluding hydrogens is 341 g/mol. The van der Waals surface area contributed by atoms with Gasteiger partial charge in [-0.05, 0) is 42.7 Å². The van der Waals surface area contributed by atoms with Crippen molar-refractivity contribution >= 4 is 17.4 Å². The molecule has 0 aliphatic heterocycles. The van der Waals surface area contributed by atoms with Crippen LogP contribution in [0, 0.1) is 5.82 Å². The Morgan fingerprint density at radius 1 is 0.778 bits per heavy atom. The van der Waals surface area contributed by atoms with Gasteiger partial charge in [0, 0.05) is 12.0 Å². The molecule has 0 saturated carbocycles. The summed E-state index contributed by atoms with van der Waals surface area (Å²) in [6.45, 7) is 0. The third kappa shape index (κ3) is 4.88. The molecule has 4 heteroatoms. The van der Waals surface area contributed by atoms with Crippen LogP contribution < -0.4 is 5.32 Å². The summed E-state index contributed by atoms with van der Waals surface area (Å²) >= 11 is 0. The summed E-state index contributed by atoms with van der Waals surface area (Å²) in [4.78, 5) is 25.0. The average Bonchev–Trinajstić information content (AvgIpc) is 2.69. The second-order valence-corrected chi connectivity index (χ2v) is 6.24. The van der Waals surface area contributed by atoms with Gasteiger partial charge >= 0.3 is 0 Å². The van der Waals surface area contributed by atoms with E-state index in [9.17, 15) is 14.0 Å². The van der Waals surface area contributed by atoms with E-state index in [1.807, 2.05) is 30.3 Å². The maximum atomic E-state index is 13.8. The second-order valence-electron chi connectivity index (χ2n) is 6.24. The van der Waals surface area contributed by atoms with Crippen LogP contribution in [0.4, 0.5) is 10.1 Å². The number of Topliss-reactive ketones (excluding diaryl/α,β-unsaturated/α-hetero) is 1. The van der Waals surface area contributed by atoms with E-state index in [2.05, 4.69) is 5.32 Å². The van der Waals surface area contributed by atoms with Gasteiger partial charge in [0.05, 0.1) is 11.3 Å². The molecule has 0 unspecified atom stereocenters. The molecule has 0 bridgehead atoms. The molecule has 0 aromatic heterocycles. The van der Waals surface area contributed by atoms with Crippen molar-refractivity contribution in [2.75, 3.05) is 5.32 Å². The van der Waals surface area contributed by atoms with E-state index in [4.69, 9.17) is 0 Å². The summed E-state index contributed by atoms with van der Waals surface area (Å²) in [5, 5.41) is 2.66. The van der Waals surface area contributed by atoms with Crippen molar-refractivity contribution in [1.82, 2.24) is 0 Å². The first-order chi connectivity index (χ1) is 13.1. The molecule has 3 rings (SSSR count). The SMILES string of the molecule is O=C(Nc1ccccc1C(=O)CCCc1ccccc1)c1ccccc1F. The van der Waals surface area contributed by atoms with E-state index < -0.39 is 11.7 Å². The molecule has 0 heterocycles. The standard InChI is InChI=1S/C23H20FNO2/c24-20-14-6-4-12-18(20)23(27)25-21-15-7-5-13-19(21)22(26)16-8-11-17-9-2-1-3-10-17/h1-7,9-10,12-15H,8,11,16H2,(H,25,27). The van der Waals surface area contributed by atoms with Crippen molar-refractivity contribution in [2.45, 2.75) is 19.3 Å². The Balaban J connectivity index is 1.67. The lowest BCUT2D eigenvalue weighted by molar-refractivity contribution is 0.0981. The number of ketones is 1. The molecule has 3 aromatic rings. The van der Waals surface area contributed by atoms with Gasteiger partial charge in [-0.1, -0.05) is 54.6 Å². The highest BCUT2D eigenvalue weighted by Crippen LogP contribution is 2.20.